The van der Waals surface area contributed by atoms with Crippen LogP contribution in [0.3, 0.4) is 0 Å². The van der Waals surface area contributed by atoms with E-state index < -0.39 is 0 Å². The Kier molecular flexibility index (Phi) is 5.12. The summed E-state index contributed by atoms with van der Waals surface area (Å²) in [5.41, 5.74) is 0.931. The van der Waals surface area contributed by atoms with Gasteiger partial charge >= 0.3 is 0 Å². The molecule has 4 nitrogen and oxygen atoms in total. The lowest BCUT2D eigenvalue weighted by molar-refractivity contribution is -0.160. The number of para-hydroxylation sites is 1. The number of hydrogen-bond donors (Lipinski definition) is 1. The molecule has 0 aliphatic carbocycles. The van der Waals surface area contributed by atoms with Gasteiger partial charge in [-0.3, -0.25) is 10.0 Å². The number of carbonyl (C=O) groups excluding carboxylic acids is 1. The van der Waals surface area contributed by atoms with Crippen LogP contribution in [0.25, 0.3) is 6.08 Å². The molecule has 2 aromatic carbocycles. The van der Waals surface area contributed by atoms with Gasteiger partial charge in [-0.25, -0.2) is 5.06 Å². The molecule has 0 heterocycles. The topological polar surface area (TPSA) is 49.8 Å². The van der Waals surface area contributed by atoms with Crippen LogP contribution in [0, 0.1) is 0 Å². The molecule has 2 aromatic rings. The van der Waals surface area contributed by atoms with Gasteiger partial charge in [0, 0.05) is 6.92 Å². The molecule has 21 heavy (non-hydrogen) atoms. The van der Waals surface area contributed by atoms with Gasteiger partial charge < -0.3 is 4.74 Å². The van der Waals surface area contributed by atoms with E-state index in [1.165, 1.54) is 6.92 Å². The zero-order valence-corrected chi connectivity index (χ0v) is 11.8. The highest BCUT2D eigenvalue weighted by Crippen LogP contribution is 2.22. The summed E-state index contributed by atoms with van der Waals surface area (Å²) in [4.78, 5) is 10.9. The SMILES string of the molecule is CC(=O)N(O)CC=Cc1cccc(Oc2ccccc2)c1. The predicted molar refractivity (Wildman–Crippen MR) is 81.2 cm³/mol. The van der Waals surface area contributed by atoms with Gasteiger partial charge in [-0.05, 0) is 29.8 Å². The zero-order valence-electron chi connectivity index (χ0n) is 11.8. The Morgan fingerprint density at radius 2 is 1.86 bits per heavy atom. The molecule has 0 aliphatic rings. The summed E-state index contributed by atoms with van der Waals surface area (Å²) in [6.07, 6.45) is 3.53. The molecule has 108 valence electrons. The smallest absolute Gasteiger partial charge is 0.243 e. The number of hydroxylamine groups is 2. The molecule has 0 aromatic heterocycles. The molecule has 0 unspecified atom stereocenters. The van der Waals surface area contributed by atoms with Crippen LogP contribution in [0.1, 0.15) is 12.5 Å². The van der Waals surface area contributed by atoms with Gasteiger partial charge in [0.15, 0.2) is 0 Å². The minimum absolute atomic E-state index is 0.152. The fraction of sp³-hybridized carbons (Fsp3) is 0.118. The van der Waals surface area contributed by atoms with E-state index in [4.69, 9.17) is 4.74 Å². The first kappa shape index (κ1) is 14.8. The van der Waals surface area contributed by atoms with Crippen LogP contribution in [0.2, 0.25) is 0 Å². The van der Waals surface area contributed by atoms with Crippen LogP contribution in [-0.2, 0) is 4.79 Å². The van der Waals surface area contributed by atoms with E-state index in [0.717, 1.165) is 17.1 Å². The summed E-state index contributed by atoms with van der Waals surface area (Å²) in [5, 5.41) is 9.92. The average Bonchev–Trinajstić information content (AvgIpc) is 2.48. The molecule has 0 bridgehead atoms. The Bertz CT molecular complexity index is 623. The molecule has 0 atom stereocenters. The van der Waals surface area contributed by atoms with Crippen LogP contribution in [-0.4, -0.2) is 22.7 Å². The van der Waals surface area contributed by atoms with Gasteiger partial charge in [0.05, 0.1) is 6.54 Å². The highest BCUT2D eigenvalue weighted by Gasteiger charge is 2.00. The first-order valence-corrected chi connectivity index (χ1v) is 6.61. The first-order chi connectivity index (χ1) is 10.1. The van der Waals surface area contributed by atoms with Crippen LogP contribution in [0.4, 0.5) is 0 Å². The Morgan fingerprint density at radius 3 is 2.57 bits per heavy atom. The van der Waals surface area contributed by atoms with E-state index in [1.54, 1.807) is 6.08 Å². The Hall–Kier alpha value is -2.59. The molecule has 0 saturated heterocycles. The quantitative estimate of drug-likeness (QED) is 0.672. The zero-order chi connectivity index (χ0) is 15.1. The second-order valence-electron chi connectivity index (χ2n) is 4.49. The molecule has 0 saturated carbocycles. The van der Waals surface area contributed by atoms with Gasteiger partial charge in [0.25, 0.3) is 0 Å². The molecular weight excluding hydrogens is 266 g/mol. The number of ether oxygens (including phenoxy) is 1. The highest BCUT2D eigenvalue weighted by molar-refractivity contribution is 5.72. The summed E-state index contributed by atoms with van der Waals surface area (Å²) in [6.45, 7) is 1.46. The molecule has 4 heteroatoms. The van der Waals surface area contributed by atoms with E-state index in [-0.39, 0.29) is 12.5 Å². The standard InChI is InChI=1S/C17H17NO3/c1-14(19)18(20)12-6-8-15-7-5-11-17(13-15)21-16-9-3-2-4-10-16/h2-11,13,20H,12H2,1H3. The fourth-order valence-electron chi connectivity index (χ4n) is 1.72. The number of benzene rings is 2. The lowest BCUT2D eigenvalue weighted by Crippen LogP contribution is -2.24. The minimum atomic E-state index is -0.388. The van der Waals surface area contributed by atoms with Crippen LogP contribution < -0.4 is 4.74 Å². The van der Waals surface area contributed by atoms with Crippen molar-refractivity contribution in [1.82, 2.24) is 5.06 Å². The van der Waals surface area contributed by atoms with E-state index in [2.05, 4.69) is 0 Å². The monoisotopic (exact) mass is 283 g/mol. The average molecular weight is 283 g/mol. The predicted octanol–water partition coefficient (Wildman–Crippen LogP) is 3.73. The van der Waals surface area contributed by atoms with Crippen molar-refractivity contribution in [3.8, 4) is 11.5 Å². The van der Waals surface area contributed by atoms with Gasteiger partial charge in [-0.2, -0.15) is 0 Å². The largest absolute Gasteiger partial charge is 0.457 e. The molecule has 0 spiro atoms. The number of amides is 1. The lowest BCUT2D eigenvalue weighted by atomic mass is 10.2. The molecule has 1 N–H and O–H groups in total. The van der Waals surface area contributed by atoms with Gasteiger partial charge in [-0.1, -0.05) is 42.5 Å². The van der Waals surface area contributed by atoms with E-state index in [9.17, 15) is 10.0 Å². The van der Waals surface area contributed by atoms with Crippen molar-refractivity contribution in [1.29, 1.82) is 0 Å². The molecule has 2 rings (SSSR count). The number of carbonyl (C=O) groups is 1. The third kappa shape index (κ3) is 4.78. The molecule has 0 radical (unpaired) electrons. The maximum Gasteiger partial charge on any atom is 0.243 e. The van der Waals surface area contributed by atoms with Crippen molar-refractivity contribution >= 4 is 12.0 Å². The van der Waals surface area contributed by atoms with Crippen molar-refractivity contribution in [3.05, 3.63) is 66.2 Å². The van der Waals surface area contributed by atoms with Crippen molar-refractivity contribution < 1.29 is 14.7 Å². The Labute approximate surface area is 123 Å². The minimum Gasteiger partial charge on any atom is -0.457 e. The second-order valence-corrected chi connectivity index (χ2v) is 4.49. The molecule has 1 amide bonds. The van der Waals surface area contributed by atoms with Gasteiger partial charge in [0.2, 0.25) is 5.91 Å². The number of hydrogen-bond acceptors (Lipinski definition) is 3. The van der Waals surface area contributed by atoms with E-state index in [0.29, 0.717) is 5.06 Å². The summed E-state index contributed by atoms with van der Waals surface area (Å²) in [5.74, 6) is 1.12. The van der Waals surface area contributed by atoms with E-state index >= 15 is 0 Å². The summed E-state index contributed by atoms with van der Waals surface area (Å²) < 4.78 is 5.74. The number of nitrogens with zero attached hydrogens (tertiary/aromatic N) is 1. The maximum atomic E-state index is 10.9. The van der Waals surface area contributed by atoms with Gasteiger partial charge in [-0.15, -0.1) is 0 Å². The summed E-state index contributed by atoms with van der Waals surface area (Å²) in [6, 6.07) is 17.1. The highest BCUT2D eigenvalue weighted by atomic mass is 16.5. The molecular formula is C17H17NO3. The third-order valence-corrected chi connectivity index (χ3v) is 2.79. The molecule has 0 aliphatic heterocycles. The van der Waals surface area contributed by atoms with Crippen LogP contribution in [0.15, 0.2) is 60.7 Å². The lowest BCUT2D eigenvalue weighted by Gasteiger charge is -2.08. The second kappa shape index (κ2) is 7.26. The van der Waals surface area contributed by atoms with Crippen LogP contribution >= 0.6 is 0 Å². The fourth-order valence-corrected chi connectivity index (χ4v) is 1.72. The Balaban J connectivity index is 2.01. The van der Waals surface area contributed by atoms with Crippen LogP contribution in [0.5, 0.6) is 11.5 Å². The van der Waals surface area contributed by atoms with E-state index in [1.807, 2.05) is 60.7 Å². The van der Waals surface area contributed by atoms with Crippen molar-refractivity contribution in [2.45, 2.75) is 6.92 Å². The molecule has 0 fully saturated rings. The Morgan fingerprint density at radius 1 is 1.14 bits per heavy atom. The van der Waals surface area contributed by atoms with Gasteiger partial charge in [0.1, 0.15) is 11.5 Å². The maximum absolute atomic E-state index is 10.9. The van der Waals surface area contributed by atoms with Crippen molar-refractivity contribution in [3.63, 3.8) is 0 Å². The normalized spacial score (nSPS) is 10.6. The number of rotatable bonds is 5. The van der Waals surface area contributed by atoms with Crippen molar-refractivity contribution in [2.24, 2.45) is 0 Å². The summed E-state index contributed by atoms with van der Waals surface area (Å²) >= 11 is 0. The first-order valence-electron chi connectivity index (χ1n) is 6.61. The third-order valence-electron chi connectivity index (χ3n) is 2.79. The van der Waals surface area contributed by atoms with Crippen molar-refractivity contribution in [2.75, 3.05) is 6.54 Å². The summed E-state index contributed by atoms with van der Waals surface area (Å²) in [7, 11) is 0.